The summed E-state index contributed by atoms with van der Waals surface area (Å²) in [5.41, 5.74) is 5.50. The Morgan fingerprint density at radius 2 is 2.29 bits per heavy atom. The summed E-state index contributed by atoms with van der Waals surface area (Å²) < 4.78 is 14.4. The van der Waals surface area contributed by atoms with Crippen LogP contribution in [0.5, 0.6) is 0 Å². The molecule has 0 amide bonds. The molecule has 0 aromatic heterocycles. The van der Waals surface area contributed by atoms with E-state index in [1.165, 1.54) is 12.1 Å². The smallest absolute Gasteiger partial charge is 0.173 e. The fourth-order valence-corrected chi connectivity index (χ4v) is 2.82. The van der Waals surface area contributed by atoms with Gasteiger partial charge in [-0.25, -0.2) is 4.39 Å². The van der Waals surface area contributed by atoms with Gasteiger partial charge < -0.3 is 5.73 Å². The second-order valence-electron chi connectivity index (χ2n) is 4.87. The first kappa shape index (κ1) is 12.7. The van der Waals surface area contributed by atoms with Gasteiger partial charge in [-0.1, -0.05) is 29.3 Å². The van der Waals surface area contributed by atoms with Crippen molar-refractivity contribution in [2.24, 2.45) is 11.1 Å². The highest BCUT2D eigenvalue weighted by Gasteiger charge is 2.43. The molecule has 17 heavy (non-hydrogen) atoms. The number of rotatable bonds is 2. The summed E-state index contributed by atoms with van der Waals surface area (Å²) in [7, 11) is 0. The van der Waals surface area contributed by atoms with Gasteiger partial charge in [0.25, 0.3) is 0 Å². The Bertz CT molecular complexity index is 463. The Morgan fingerprint density at radius 1 is 1.59 bits per heavy atom. The standard InChI is InChI=1S/C13H15BrFNO/c1-13(6-2-3-11(13)16)12(17)9-7-8(14)4-5-10(9)15/h4-5,7,11H,2-3,6,16H2,1H3. The van der Waals surface area contributed by atoms with Crippen molar-refractivity contribution in [1.29, 1.82) is 0 Å². The van der Waals surface area contributed by atoms with Gasteiger partial charge in [0, 0.05) is 15.9 Å². The van der Waals surface area contributed by atoms with E-state index in [0.29, 0.717) is 4.47 Å². The molecule has 1 saturated carbocycles. The number of carbonyl (C=O) groups is 1. The van der Waals surface area contributed by atoms with E-state index in [2.05, 4.69) is 15.9 Å². The largest absolute Gasteiger partial charge is 0.327 e. The highest BCUT2D eigenvalue weighted by Crippen LogP contribution is 2.40. The molecule has 2 unspecified atom stereocenters. The first-order chi connectivity index (χ1) is 7.95. The molecule has 0 radical (unpaired) electrons. The van der Waals surface area contributed by atoms with E-state index < -0.39 is 11.2 Å². The number of carbonyl (C=O) groups excluding carboxylic acids is 1. The van der Waals surface area contributed by atoms with Gasteiger partial charge in [0.2, 0.25) is 0 Å². The fourth-order valence-electron chi connectivity index (χ4n) is 2.45. The maximum atomic E-state index is 13.7. The second kappa shape index (κ2) is 4.50. The molecule has 0 saturated heterocycles. The van der Waals surface area contributed by atoms with E-state index in [1.54, 1.807) is 6.07 Å². The zero-order chi connectivity index (χ0) is 12.6. The summed E-state index contributed by atoms with van der Waals surface area (Å²) in [6, 6.07) is 4.26. The van der Waals surface area contributed by atoms with E-state index in [0.717, 1.165) is 19.3 Å². The zero-order valence-electron chi connectivity index (χ0n) is 9.67. The van der Waals surface area contributed by atoms with E-state index in [-0.39, 0.29) is 17.4 Å². The number of nitrogens with two attached hydrogens (primary N) is 1. The monoisotopic (exact) mass is 299 g/mol. The average Bonchev–Trinajstić information content (AvgIpc) is 2.63. The van der Waals surface area contributed by atoms with Crippen molar-refractivity contribution in [3.8, 4) is 0 Å². The third kappa shape index (κ3) is 2.16. The lowest BCUT2D eigenvalue weighted by atomic mass is 9.78. The normalized spacial score (nSPS) is 28.4. The van der Waals surface area contributed by atoms with Crippen molar-refractivity contribution in [2.75, 3.05) is 0 Å². The summed E-state index contributed by atoms with van der Waals surface area (Å²) >= 11 is 3.26. The lowest BCUT2D eigenvalue weighted by Gasteiger charge is -2.27. The highest BCUT2D eigenvalue weighted by atomic mass is 79.9. The van der Waals surface area contributed by atoms with Gasteiger partial charge in [0.05, 0.1) is 5.56 Å². The Labute approximate surface area is 109 Å². The summed E-state index contributed by atoms with van der Waals surface area (Å²) in [5.74, 6) is -0.653. The molecule has 2 nitrogen and oxygen atoms in total. The van der Waals surface area contributed by atoms with Gasteiger partial charge in [-0.2, -0.15) is 0 Å². The molecular weight excluding hydrogens is 285 g/mol. The maximum absolute atomic E-state index is 13.7. The molecule has 0 heterocycles. The number of halogens is 2. The molecule has 92 valence electrons. The van der Waals surface area contributed by atoms with Crippen molar-refractivity contribution in [2.45, 2.75) is 32.2 Å². The van der Waals surface area contributed by atoms with Gasteiger partial charge in [0.15, 0.2) is 5.78 Å². The van der Waals surface area contributed by atoms with Crippen LogP contribution in [0.15, 0.2) is 22.7 Å². The minimum Gasteiger partial charge on any atom is -0.327 e. The van der Waals surface area contributed by atoms with E-state index in [1.807, 2.05) is 6.92 Å². The van der Waals surface area contributed by atoms with Crippen LogP contribution < -0.4 is 5.73 Å². The fraction of sp³-hybridized carbons (Fsp3) is 0.462. The highest BCUT2D eigenvalue weighted by molar-refractivity contribution is 9.10. The molecule has 2 rings (SSSR count). The van der Waals surface area contributed by atoms with E-state index in [4.69, 9.17) is 5.73 Å². The molecule has 2 atom stereocenters. The molecule has 0 bridgehead atoms. The molecule has 1 fully saturated rings. The van der Waals surface area contributed by atoms with E-state index >= 15 is 0 Å². The van der Waals surface area contributed by atoms with Crippen molar-refractivity contribution in [3.05, 3.63) is 34.1 Å². The van der Waals surface area contributed by atoms with Crippen LogP contribution in [0.2, 0.25) is 0 Å². The van der Waals surface area contributed by atoms with Crippen molar-refractivity contribution in [3.63, 3.8) is 0 Å². The molecule has 1 aliphatic rings. The van der Waals surface area contributed by atoms with Gasteiger partial charge in [0.1, 0.15) is 5.82 Å². The lowest BCUT2D eigenvalue weighted by molar-refractivity contribution is 0.0798. The lowest BCUT2D eigenvalue weighted by Crippen LogP contribution is -2.41. The van der Waals surface area contributed by atoms with Crippen molar-refractivity contribution >= 4 is 21.7 Å². The third-order valence-corrected chi connectivity index (χ3v) is 4.21. The zero-order valence-corrected chi connectivity index (χ0v) is 11.3. The molecule has 1 aromatic rings. The van der Waals surface area contributed by atoms with Crippen LogP contribution in [0, 0.1) is 11.2 Å². The number of Topliss-reactive ketones (excluding diaryl/α,β-unsaturated/α-hetero) is 1. The Balaban J connectivity index is 2.40. The first-order valence-corrected chi connectivity index (χ1v) is 6.50. The predicted octanol–water partition coefficient (Wildman–Crippen LogP) is 3.29. The van der Waals surface area contributed by atoms with Crippen LogP contribution in [-0.2, 0) is 0 Å². The summed E-state index contributed by atoms with van der Waals surface area (Å²) in [6.07, 6.45) is 2.50. The Morgan fingerprint density at radius 3 is 2.88 bits per heavy atom. The van der Waals surface area contributed by atoms with Crippen LogP contribution >= 0.6 is 15.9 Å². The molecule has 1 aromatic carbocycles. The van der Waals surface area contributed by atoms with Crippen LogP contribution in [0.4, 0.5) is 4.39 Å². The van der Waals surface area contributed by atoms with E-state index in [9.17, 15) is 9.18 Å². The molecule has 0 spiro atoms. The van der Waals surface area contributed by atoms with Gasteiger partial charge in [-0.05, 0) is 31.0 Å². The Kier molecular flexibility index (Phi) is 3.36. The average molecular weight is 300 g/mol. The molecule has 0 aliphatic heterocycles. The number of hydrogen-bond acceptors (Lipinski definition) is 2. The minimum atomic E-state index is -0.623. The predicted molar refractivity (Wildman–Crippen MR) is 68.4 cm³/mol. The summed E-state index contributed by atoms with van der Waals surface area (Å²) in [5, 5.41) is 0. The van der Waals surface area contributed by atoms with Crippen molar-refractivity contribution < 1.29 is 9.18 Å². The molecule has 1 aliphatic carbocycles. The number of ketones is 1. The third-order valence-electron chi connectivity index (χ3n) is 3.72. The van der Waals surface area contributed by atoms with Crippen LogP contribution in [0.1, 0.15) is 36.5 Å². The quantitative estimate of drug-likeness (QED) is 0.852. The second-order valence-corrected chi connectivity index (χ2v) is 5.79. The number of hydrogen-bond donors (Lipinski definition) is 1. The topological polar surface area (TPSA) is 43.1 Å². The molecule has 4 heteroatoms. The minimum absolute atomic E-state index is 0.138. The summed E-state index contributed by atoms with van der Waals surface area (Å²) in [4.78, 5) is 12.4. The SMILES string of the molecule is CC1(C(=O)c2cc(Br)ccc2F)CCCC1N. The first-order valence-electron chi connectivity index (χ1n) is 5.70. The van der Waals surface area contributed by atoms with Gasteiger partial charge in [-0.15, -0.1) is 0 Å². The van der Waals surface area contributed by atoms with Crippen LogP contribution in [0.3, 0.4) is 0 Å². The van der Waals surface area contributed by atoms with Crippen molar-refractivity contribution in [1.82, 2.24) is 0 Å². The van der Waals surface area contributed by atoms with Crippen LogP contribution in [0.25, 0.3) is 0 Å². The van der Waals surface area contributed by atoms with Gasteiger partial charge >= 0.3 is 0 Å². The van der Waals surface area contributed by atoms with Crippen LogP contribution in [-0.4, -0.2) is 11.8 Å². The molecule has 2 N–H and O–H groups in total. The maximum Gasteiger partial charge on any atom is 0.173 e. The molecular formula is C13H15BrFNO. The summed E-state index contributed by atoms with van der Waals surface area (Å²) in [6.45, 7) is 1.84. The Hall–Kier alpha value is -0.740. The number of benzene rings is 1. The van der Waals surface area contributed by atoms with Gasteiger partial charge in [-0.3, -0.25) is 4.79 Å².